The number of rotatable bonds is 5. The minimum atomic E-state index is -0.303. The van der Waals surface area contributed by atoms with E-state index in [0.717, 1.165) is 17.0 Å². The molecule has 1 heterocycles. The second-order valence-corrected chi connectivity index (χ2v) is 4.20. The Balaban J connectivity index is 2.35. The number of ether oxygens (including phenoxy) is 2. The number of benzene rings is 1. The van der Waals surface area contributed by atoms with Gasteiger partial charge in [-0.1, -0.05) is 12.1 Å². The molecular weight excluding hydrogens is 242 g/mol. The minimum absolute atomic E-state index is 0.303. The third kappa shape index (κ3) is 2.71. The molecule has 0 saturated heterocycles. The van der Waals surface area contributed by atoms with Gasteiger partial charge in [0.2, 0.25) is 0 Å². The van der Waals surface area contributed by atoms with Gasteiger partial charge in [0, 0.05) is 7.05 Å². The zero-order chi connectivity index (χ0) is 13.8. The zero-order valence-corrected chi connectivity index (χ0v) is 11.5. The topological polar surface area (TPSA) is 62.3 Å². The molecule has 5 nitrogen and oxygen atoms in total. The molecular formula is C14H19N3O2. The van der Waals surface area contributed by atoms with Crippen molar-refractivity contribution in [3.8, 4) is 11.5 Å². The van der Waals surface area contributed by atoms with Gasteiger partial charge in [-0.05, 0) is 24.6 Å². The molecule has 0 fully saturated rings. The van der Waals surface area contributed by atoms with Gasteiger partial charge in [0.25, 0.3) is 0 Å². The standard InChI is InChI=1S/C14H19N3O2/c1-4-19-11-7-5-6-10(8-11)13(15)14-12(18-3)9-16-17(14)2/h5-9,13H,4,15H2,1-3H3. The number of hydrogen-bond acceptors (Lipinski definition) is 4. The number of nitrogens with two attached hydrogens (primary N) is 1. The van der Waals surface area contributed by atoms with E-state index in [-0.39, 0.29) is 6.04 Å². The van der Waals surface area contributed by atoms with E-state index in [1.165, 1.54) is 0 Å². The largest absolute Gasteiger partial charge is 0.494 e. The maximum Gasteiger partial charge on any atom is 0.161 e. The quantitative estimate of drug-likeness (QED) is 0.892. The van der Waals surface area contributed by atoms with Crippen molar-refractivity contribution in [2.75, 3.05) is 13.7 Å². The molecule has 1 aromatic heterocycles. The van der Waals surface area contributed by atoms with Gasteiger partial charge in [-0.15, -0.1) is 0 Å². The highest BCUT2D eigenvalue weighted by Gasteiger charge is 2.19. The second-order valence-electron chi connectivity index (χ2n) is 4.20. The molecule has 102 valence electrons. The summed E-state index contributed by atoms with van der Waals surface area (Å²) in [5.41, 5.74) is 8.12. The SMILES string of the molecule is CCOc1cccc(C(N)c2c(OC)cnn2C)c1. The predicted octanol–water partition coefficient (Wildman–Crippen LogP) is 1.88. The third-order valence-corrected chi connectivity index (χ3v) is 2.99. The molecule has 1 atom stereocenters. The highest BCUT2D eigenvalue weighted by molar-refractivity contribution is 5.39. The van der Waals surface area contributed by atoms with Gasteiger partial charge in [0.05, 0.1) is 26.0 Å². The molecule has 1 unspecified atom stereocenters. The van der Waals surface area contributed by atoms with Crippen LogP contribution in [0.4, 0.5) is 0 Å². The highest BCUT2D eigenvalue weighted by Crippen LogP contribution is 2.29. The van der Waals surface area contributed by atoms with Crippen LogP contribution < -0.4 is 15.2 Å². The Labute approximate surface area is 112 Å². The smallest absolute Gasteiger partial charge is 0.161 e. The number of aromatic nitrogens is 2. The maximum absolute atomic E-state index is 6.31. The summed E-state index contributed by atoms with van der Waals surface area (Å²) in [5.74, 6) is 1.51. The number of nitrogens with zero attached hydrogens (tertiary/aromatic N) is 2. The van der Waals surface area contributed by atoms with Gasteiger partial charge in [-0.25, -0.2) is 0 Å². The Morgan fingerprint density at radius 2 is 2.21 bits per heavy atom. The van der Waals surface area contributed by atoms with Gasteiger partial charge in [0.1, 0.15) is 11.4 Å². The first-order valence-corrected chi connectivity index (χ1v) is 6.21. The van der Waals surface area contributed by atoms with Gasteiger partial charge in [-0.3, -0.25) is 4.68 Å². The monoisotopic (exact) mass is 261 g/mol. The van der Waals surface area contributed by atoms with E-state index in [4.69, 9.17) is 15.2 Å². The Morgan fingerprint density at radius 3 is 2.89 bits per heavy atom. The summed E-state index contributed by atoms with van der Waals surface area (Å²) in [4.78, 5) is 0. The van der Waals surface area contributed by atoms with Crippen molar-refractivity contribution in [3.05, 3.63) is 41.7 Å². The van der Waals surface area contributed by atoms with Crippen molar-refractivity contribution < 1.29 is 9.47 Å². The summed E-state index contributed by atoms with van der Waals surface area (Å²) in [7, 11) is 3.47. The van der Waals surface area contributed by atoms with Crippen molar-refractivity contribution in [2.24, 2.45) is 12.8 Å². The van der Waals surface area contributed by atoms with Crippen LogP contribution in [0.25, 0.3) is 0 Å². The summed E-state index contributed by atoms with van der Waals surface area (Å²) in [5, 5.41) is 4.17. The fraction of sp³-hybridized carbons (Fsp3) is 0.357. The molecule has 0 amide bonds. The lowest BCUT2D eigenvalue weighted by molar-refractivity contribution is 0.339. The van der Waals surface area contributed by atoms with Gasteiger partial charge < -0.3 is 15.2 Å². The maximum atomic E-state index is 6.31. The van der Waals surface area contributed by atoms with Crippen molar-refractivity contribution in [2.45, 2.75) is 13.0 Å². The molecule has 0 aliphatic carbocycles. The van der Waals surface area contributed by atoms with Crippen LogP contribution in [0.2, 0.25) is 0 Å². The Kier molecular flexibility index (Phi) is 4.06. The predicted molar refractivity (Wildman–Crippen MR) is 73.4 cm³/mol. The molecule has 0 spiro atoms. The van der Waals surface area contributed by atoms with Crippen molar-refractivity contribution >= 4 is 0 Å². The first kappa shape index (κ1) is 13.4. The molecule has 1 aromatic carbocycles. The minimum Gasteiger partial charge on any atom is -0.494 e. The lowest BCUT2D eigenvalue weighted by Gasteiger charge is -2.15. The van der Waals surface area contributed by atoms with Gasteiger partial charge in [-0.2, -0.15) is 5.10 Å². The molecule has 0 saturated carbocycles. The highest BCUT2D eigenvalue weighted by atomic mass is 16.5. The number of methoxy groups -OCH3 is 1. The van der Waals surface area contributed by atoms with Gasteiger partial charge in [0.15, 0.2) is 5.75 Å². The molecule has 0 radical (unpaired) electrons. The van der Waals surface area contributed by atoms with Crippen molar-refractivity contribution in [1.29, 1.82) is 0 Å². The average molecular weight is 261 g/mol. The Morgan fingerprint density at radius 1 is 1.42 bits per heavy atom. The lowest BCUT2D eigenvalue weighted by atomic mass is 10.0. The van der Waals surface area contributed by atoms with Crippen LogP contribution >= 0.6 is 0 Å². The van der Waals surface area contributed by atoms with E-state index in [9.17, 15) is 0 Å². The zero-order valence-electron chi connectivity index (χ0n) is 11.5. The van der Waals surface area contributed by atoms with E-state index < -0.39 is 0 Å². The van der Waals surface area contributed by atoms with E-state index in [2.05, 4.69) is 5.10 Å². The fourth-order valence-corrected chi connectivity index (χ4v) is 2.06. The van der Waals surface area contributed by atoms with E-state index in [1.54, 1.807) is 18.0 Å². The van der Waals surface area contributed by atoms with Gasteiger partial charge >= 0.3 is 0 Å². The first-order chi connectivity index (χ1) is 9.17. The lowest BCUT2D eigenvalue weighted by Crippen LogP contribution is -2.17. The molecule has 0 bridgehead atoms. The number of hydrogen-bond donors (Lipinski definition) is 1. The van der Waals surface area contributed by atoms with Crippen LogP contribution in [0.1, 0.15) is 24.2 Å². The number of aryl methyl sites for hydroxylation is 1. The Hall–Kier alpha value is -2.01. The summed E-state index contributed by atoms with van der Waals surface area (Å²) in [6.45, 7) is 2.59. The third-order valence-electron chi connectivity index (χ3n) is 2.99. The summed E-state index contributed by atoms with van der Waals surface area (Å²) in [6, 6.07) is 7.46. The molecule has 2 aromatic rings. The van der Waals surface area contributed by atoms with Crippen LogP contribution in [0.3, 0.4) is 0 Å². The van der Waals surface area contributed by atoms with E-state index >= 15 is 0 Å². The molecule has 0 aliphatic rings. The van der Waals surface area contributed by atoms with Crippen molar-refractivity contribution in [3.63, 3.8) is 0 Å². The summed E-state index contributed by atoms with van der Waals surface area (Å²) in [6.07, 6.45) is 1.67. The van der Waals surface area contributed by atoms with E-state index in [0.29, 0.717) is 12.4 Å². The average Bonchev–Trinajstić information content (AvgIpc) is 2.80. The molecule has 19 heavy (non-hydrogen) atoms. The molecule has 0 aliphatic heterocycles. The second kappa shape index (κ2) is 5.75. The normalized spacial score (nSPS) is 12.2. The van der Waals surface area contributed by atoms with Crippen LogP contribution in [0.15, 0.2) is 30.5 Å². The molecule has 2 rings (SSSR count). The van der Waals surface area contributed by atoms with Crippen LogP contribution in [0, 0.1) is 0 Å². The Bertz CT molecular complexity index is 551. The molecule has 2 N–H and O–H groups in total. The van der Waals surface area contributed by atoms with Crippen LogP contribution in [-0.4, -0.2) is 23.5 Å². The fourth-order valence-electron chi connectivity index (χ4n) is 2.06. The van der Waals surface area contributed by atoms with E-state index in [1.807, 2.05) is 38.2 Å². The van der Waals surface area contributed by atoms with Crippen LogP contribution in [-0.2, 0) is 7.05 Å². The van der Waals surface area contributed by atoms with Crippen LogP contribution in [0.5, 0.6) is 11.5 Å². The first-order valence-electron chi connectivity index (χ1n) is 6.21. The summed E-state index contributed by atoms with van der Waals surface area (Å²) >= 11 is 0. The molecule has 5 heteroatoms. The summed E-state index contributed by atoms with van der Waals surface area (Å²) < 4.78 is 12.5. The van der Waals surface area contributed by atoms with Crippen molar-refractivity contribution in [1.82, 2.24) is 9.78 Å².